The Morgan fingerprint density at radius 3 is 2.84 bits per heavy atom. The standard InChI is InChI=1S/C14H22N2O2S/c1-16(19(2,17)18)14-7-3-5-12(10-14)9-13-6-4-8-15-11-13/h3,5,7,10,13,15H,4,6,8-9,11H2,1-2H3. The molecule has 1 aliphatic rings. The summed E-state index contributed by atoms with van der Waals surface area (Å²) in [6.07, 6.45) is 4.72. The molecule has 1 saturated heterocycles. The SMILES string of the molecule is CN(c1cccc(CC2CCCNC2)c1)S(C)(=O)=O. The van der Waals surface area contributed by atoms with Gasteiger partial charge in [-0.15, -0.1) is 0 Å². The van der Waals surface area contributed by atoms with E-state index in [2.05, 4.69) is 11.4 Å². The quantitative estimate of drug-likeness (QED) is 0.913. The van der Waals surface area contributed by atoms with Crippen molar-refractivity contribution >= 4 is 15.7 Å². The fraction of sp³-hybridized carbons (Fsp3) is 0.571. The van der Waals surface area contributed by atoms with Crippen LogP contribution in [0.4, 0.5) is 5.69 Å². The van der Waals surface area contributed by atoms with Gasteiger partial charge in [0.15, 0.2) is 0 Å². The Labute approximate surface area is 115 Å². The van der Waals surface area contributed by atoms with Crippen molar-refractivity contribution in [2.45, 2.75) is 19.3 Å². The summed E-state index contributed by atoms with van der Waals surface area (Å²) in [6, 6.07) is 7.83. The van der Waals surface area contributed by atoms with Gasteiger partial charge in [-0.2, -0.15) is 0 Å². The largest absolute Gasteiger partial charge is 0.316 e. The molecule has 0 radical (unpaired) electrons. The molecule has 5 heteroatoms. The van der Waals surface area contributed by atoms with Gasteiger partial charge in [0.1, 0.15) is 0 Å². The minimum Gasteiger partial charge on any atom is -0.316 e. The molecular formula is C14H22N2O2S. The molecule has 0 saturated carbocycles. The third-order valence-corrected chi connectivity index (χ3v) is 4.90. The van der Waals surface area contributed by atoms with Gasteiger partial charge in [-0.1, -0.05) is 12.1 Å². The first-order valence-corrected chi connectivity index (χ1v) is 8.55. The molecule has 1 unspecified atom stereocenters. The van der Waals surface area contributed by atoms with E-state index in [0.29, 0.717) is 5.92 Å². The molecule has 1 atom stereocenters. The first kappa shape index (κ1) is 14.3. The van der Waals surface area contributed by atoms with Gasteiger partial charge in [0.25, 0.3) is 0 Å². The first-order chi connectivity index (χ1) is 8.97. The maximum Gasteiger partial charge on any atom is 0.231 e. The Hall–Kier alpha value is -1.07. The minimum absolute atomic E-state index is 0.660. The molecule has 0 spiro atoms. The van der Waals surface area contributed by atoms with E-state index in [4.69, 9.17) is 0 Å². The van der Waals surface area contributed by atoms with Gasteiger partial charge in [-0.25, -0.2) is 8.42 Å². The lowest BCUT2D eigenvalue weighted by atomic mass is 9.92. The summed E-state index contributed by atoms with van der Waals surface area (Å²) in [5.74, 6) is 0.660. The highest BCUT2D eigenvalue weighted by atomic mass is 32.2. The second-order valence-corrected chi connectivity index (χ2v) is 7.33. The summed E-state index contributed by atoms with van der Waals surface area (Å²) in [7, 11) is -1.59. The number of rotatable bonds is 4. The van der Waals surface area contributed by atoms with Crippen molar-refractivity contribution in [3.8, 4) is 0 Å². The highest BCUT2D eigenvalue weighted by molar-refractivity contribution is 7.92. The molecule has 0 bridgehead atoms. The minimum atomic E-state index is -3.18. The predicted octanol–water partition coefficient (Wildman–Crippen LogP) is 1.62. The van der Waals surface area contributed by atoms with Gasteiger partial charge in [0.05, 0.1) is 11.9 Å². The summed E-state index contributed by atoms with van der Waals surface area (Å²) in [5, 5.41) is 3.41. The van der Waals surface area contributed by atoms with Crippen molar-refractivity contribution in [3.63, 3.8) is 0 Å². The molecule has 0 amide bonds. The van der Waals surface area contributed by atoms with Gasteiger partial charge in [0.2, 0.25) is 10.0 Å². The fourth-order valence-electron chi connectivity index (χ4n) is 2.50. The van der Waals surface area contributed by atoms with E-state index in [1.165, 1.54) is 29.0 Å². The summed E-state index contributed by atoms with van der Waals surface area (Å²) in [5.41, 5.74) is 1.95. The predicted molar refractivity (Wildman–Crippen MR) is 79.0 cm³/mol. The van der Waals surface area contributed by atoms with Crippen LogP contribution in [0.1, 0.15) is 18.4 Å². The smallest absolute Gasteiger partial charge is 0.231 e. The van der Waals surface area contributed by atoms with Crippen LogP contribution in [0.2, 0.25) is 0 Å². The number of benzene rings is 1. The van der Waals surface area contributed by atoms with Crippen molar-refractivity contribution in [2.75, 3.05) is 30.7 Å². The van der Waals surface area contributed by atoms with Crippen LogP contribution in [0.25, 0.3) is 0 Å². The molecule has 1 heterocycles. The van der Waals surface area contributed by atoms with Crippen molar-refractivity contribution in [2.24, 2.45) is 5.92 Å². The molecule has 0 aromatic heterocycles. The average Bonchev–Trinajstić information content (AvgIpc) is 2.38. The van der Waals surface area contributed by atoms with Gasteiger partial charge in [0, 0.05) is 7.05 Å². The Kier molecular flexibility index (Phi) is 4.47. The van der Waals surface area contributed by atoms with Crippen LogP contribution < -0.4 is 9.62 Å². The number of piperidine rings is 1. The van der Waals surface area contributed by atoms with E-state index >= 15 is 0 Å². The number of sulfonamides is 1. The average molecular weight is 282 g/mol. The normalized spacial score (nSPS) is 20.2. The fourth-order valence-corrected chi connectivity index (χ4v) is 3.00. The van der Waals surface area contributed by atoms with Crippen LogP contribution >= 0.6 is 0 Å². The van der Waals surface area contributed by atoms with Crippen molar-refractivity contribution in [1.82, 2.24) is 5.32 Å². The van der Waals surface area contributed by atoms with Crippen LogP contribution in [-0.4, -0.2) is 34.8 Å². The molecule has 2 rings (SSSR count). The second kappa shape index (κ2) is 5.92. The molecule has 4 nitrogen and oxygen atoms in total. The van der Waals surface area contributed by atoms with E-state index in [0.717, 1.165) is 25.2 Å². The number of nitrogens with zero attached hydrogens (tertiary/aromatic N) is 1. The summed E-state index contributed by atoms with van der Waals surface area (Å²) in [4.78, 5) is 0. The van der Waals surface area contributed by atoms with E-state index in [1.54, 1.807) is 7.05 Å². The molecule has 1 aromatic carbocycles. The Morgan fingerprint density at radius 1 is 1.42 bits per heavy atom. The molecule has 0 aliphatic carbocycles. The highest BCUT2D eigenvalue weighted by Crippen LogP contribution is 2.21. The van der Waals surface area contributed by atoms with Crippen LogP contribution in [-0.2, 0) is 16.4 Å². The lowest BCUT2D eigenvalue weighted by Gasteiger charge is -2.23. The Balaban J connectivity index is 2.10. The van der Waals surface area contributed by atoms with E-state index < -0.39 is 10.0 Å². The van der Waals surface area contributed by atoms with Crippen molar-refractivity contribution in [3.05, 3.63) is 29.8 Å². The highest BCUT2D eigenvalue weighted by Gasteiger charge is 2.15. The maximum absolute atomic E-state index is 11.5. The number of nitrogens with one attached hydrogen (secondary N) is 1. The van der Waals surface area contributed by atoms with Crippen LogP contribution in [0, 0.1) is 5.92 Å². The number of hydrogen-bond donors (Lipinski definition) is 1. The molecule has 1 aromatic rings. The van der Waals surface area contributed by atoms with E-state index in [-0.39, 0.29) is 0 Å². The molecule has 1 aliphatic heterocycles. The third-order valence-electron chi connectivity index (χ3n) is 3.69. The number of hydrogen-bond acceptors (Lipinski definition) is 3. The van der Waals surface area contributed by atoms with Gasteiger partial charge < -0.3 is 5.32 Å². The second-order valence-electron chi connectivity index (χ2n) is 5.32. The van der Waals surface area contributed by atoms with Crippen LogP contribution in [0.3, 0.4) is 0 Å². The zero-order valence-electron chi connectivity index (χ0n) is 11.6. The molecule has 1 fully saturated rings. The summed E-state index contributed by atoms with van der Waals surface area (Å²) >= 11 is 0. The maximum atomic E-state index is 11.5. The van der Waals surface area contributed by atoms with Crippen LogP contribution in [0.5, 0.6) is 0 Å². The summed E-state index contributed by atoms with van der Waals surface area (Å²) in [6.45, 7) is 2.18. The zero-order chi connectivity index (χ0) is 13.9. The Morgan fingerprint density at radius 2 is 2.21 bits per heavy atom. The van der Waals surface area contributed by atoms with Gasteiger partial charge in [-0.3, -0.25) is 4.31 Å². The van der Waals surface area contributed by atoms with Crippen molar-refractivity contribution < 1.29 is 8.42 Å². The van der Waals surface area contributed by atoms with Crippen molar-refractivity contribution in [1.29, 1.82) is 0 Å². The lowest BCUT2D eigenvalue weighted by molar-refractivity contribution is 0.376. The summed E-state index contributed by atoms with van der Waals surface area (Å²) < 4.78 is 24.4. The zero-order valence-corrected chi connectivity index (χ0v) is 12.4. The van der Waals surface area contributed by atoms with E-state index in [1.807, 2.05) is 18.2 Å². The van der Waals surface area contributed by atoms with Crippen LogP contribution in [0.15, 0.2) is 24.3 Å². The Bertz CT molecular complexity index is 522. The number of anilines is 1. The third kappa shape index (κ3) is 3.94. The molecule has 106 valence electrons. The molecular weight excluding hydrogens is 260 g/mol. The van der Waals surface area contributed by atoms with E-state index in [9.17, 15) is 8.42 Å². The van der Waals surface area contributed by atoms with Gasteiger partial charge >= 0.3 is 0 Å². The first-order valence-electron chi connectivity index (χ1n) is 6.70. The molecule has 1 N–H and O–H groups in total. The molecule has 19 heavy (non-hydrogen) atoms. The monoisotopic (exact) mass is 282 g/mol. The lowest BCUT2D eigenvalue weighted by Crippen LogP contribution is -2.31. The topological polar surface area (TPSA) is 49.4 Å². The van der Waals surface area contributed by atoms with Gasteiger partial charge in [-0.05, 0) is 56.0 Å².